The summed E-state index contributed by atoms with van der Waals surface area (Å²) in [5.74, 6) is 3.52. The normalized spacial score (nSPS) is 41.8. The summed E-state index contributed by atoms with van der Waals surface area (Å²) in [7, 11) is 0. The molecular weight excluding hydrogens is 440 g/mol. The summed E-state index contributed by atoms with van der Waals surface area (Å²) in [6, 6.07) is 0. The lowest BCUT2D eigenvalue weighted by Crippen LogP contribution is -2.54. The fourth-order valence-corrected chi connectivity index (χ4v) is 9.34. The summed E-state index contributed by atoms with van der Waals surface area (Å²) in [6.45, 7) is 12.6. The lowest BCUT2D eigenvalue weighted by Gasteiger charge is -2.61. The molecule has 7 unspecified atom stereocenters. The van der Waals surface area contributed by atoms with Gasteiger partial charge in [0.1, 0.15) is 5.60 Å². The van der Waals surface area contributed by atoms with E-state index in [1.807, 2.05) is 20.8 Å². The van der Waals surface area contributed by atoms with Gasteiger partial charge in [-0.1, -0.05) is 20.8 Å². The van der Waals surface area contributed by atoms with Gasteiger partial charge in [0.05, 0.1) is 6.10 Å². The molecule has 0 saturated heterocycles. The van der Waals surface area contributed by atoms with Gasteiger partial charge in [-0.25, -0.2) is 4.79 Å². The lowest BCUT2D eigenvalue weighted by molar-refractivity contribution is -0.166. The van der Waals surface area contributed by atoms with E-state index in [0.29, 0.717) is 35.0 Å². The molecule has 4 aliphatic rings. The molecule has 0 aromatic carbocycles. The summed E-state index contributed by atoms with van der Waals surface area (Å²) >= 11 is 0. The smallest absolute Gasteiger partial charge is 0.344 e. The minimum atomic E-state index is -0.569. The molecule has 5 heteroatoms. The standard InChI is InChI=1S/C30H50O5/c1-19(7-12-26(32)34-18-27(33)35-28(2,3)4)23-10-11-24-22-9-8-20-17-21(31)13-15-29(20,5)25(22)14-16-30(23,24)6/h19-25,31H,7-18H2,1-6H3/t19?,20?,21?,22?,23?,24?,25?,29-,30+/m0/s1. The van der Waals surface area contributed by atoms with E-state index >= 15 is 0 Å². The van der Waals surface area contributed by atoms with Crippen molar-refractivity contribution in [2.75, 3.05) is 6.61 Å². The number of carbonyl (C=O) groups is 2. The van der Waals surface area contributed by atoms with Crippen LogP contribution in [0.3, 0.4) is 0 Å². The van der Waals surface area contributed by atoms with E-state index in [2.05, 4.69) is 20.8 Å². The predicted molar refractivity (Wildman–Crippen MR) is 136 cm³/mol. The maximum Gasteiger partial charge on any atom is 0.344 e. The average molecular weight is 491 g/mol. The number of hydrogen-bond donors (Lipinski definition) is 1. The van der Waals surface area contributed by atoms with Crippen molar-refractivity contribution in [1.29, 1.82) is 0 Å². The Balaban J connectivity index is 1.31. The SMILES string of the molecule is CC(CCC(=O)OCC(=O)OC(C)(C)C)C1CCC2C3CCC4CC(O)CC[C@]4(C)C3CC[C@]12C. The van der Waals surface area contributed by atoms with Gasteiger partial charge in [0, 0.05) is 6.42 Å². The maximum atomic E-state index is 12.3. The molecule has 0 spiro atoms. The third kappa shape index (κ3) is 5.45. The number of rotatable bonds is 6. The van der Waals surface area contributed by atoms with Crippen LogP contribution < -0.4 is 0 Å². The molecule has 0 aliphatic heterocycles. The Morgan fingerprint density at radius 3 is 2.34 bits per heavy atom. The molecule has 0 heterocycles. The molecule has 0 radical (unpaired) electrons. The molecule has 0 aromatic rings. The topological polar surface area (TPSA) is 72.8 Å². The molecule has 9 atom stereocenters. The molecule has 5 nitrogen and oxygen atoms in total. The second-order valence-corrected chi connectivity index (χ2v) is 14.1. The Hall–Kier alpha value is -1.10. The number of aliphatic hydroxyl groups excluding tert-OH is 1. The van der Waals surface area contributed by atoms with Gasteiger partial charge in [-0.2, -0.15) is 0 Å². The predicted octanol–water partition coefficient (Wildman–Crippen LogP) is 6.31. The maximum absolute atomic E-state index is 12.3. The molecule has 0 aromatic heterocycles. The van der Waals surface area contributed by atoms with Crippen molar-refractivity contribution >= 4 is 11.9 Å². The molecule has 4 fully saturated rings. The van der Waals surface area contributed by atoms with E-state index in [-0.39, 0.29) is 18.7 Å². The summed E-state index contributed by atoms with van der Waals surface area (Å²) < 4.78 is 10.4. The number of aliphatic hydroxyl groups is 1. The Labute approximate surface area is 213 Å². The van der Waals surface area contributed by atoms with Crippen molar-refractivity contribution in [3.63, 3.8) is 0 Å². The first-order valence-electron chi connectivity index (χ1n) is 14.4. The highest BCUT2D eigenvalue weighted by Gasteiger charge is 2.60. The summed E-state index contributed by atoms with van der Waals surface area (Å²) in [5.41, 5.74) is 0.226. The van der Waals surface area contributed by atoms with Crippen LogP contribution in [0.1, 0.15) is 112 Å². The van der Waals surface area contributed by atoms with Crippen LogP contribution in [-0.4, -0.2) is 35.4 Å². The van der Waals surface area contributed by atoms with Gasteiger partial charge in [-0.3, -0.25) is 4.79 Å². The molecule has 4 aliphatic carbocycles. The van der Waals surface area contributed by atoms with Crippen LogP contribution in [0, 0.1) is 46.3 Å². The van der Waals surface area contributed by atoms with Gasteiger partial charge in [0.25, 0.3) is 0 Å². The summed E-state index contributed by atoms with van der Waals surface area (Å²) in [6.07, 6.45) is 12.2. The Bertz CT molecular complexity index is 786. The first kappa shape index (κ1) is 26.9. The largest absolute Gasteiger partial charge is 0.457 e. The Morgan fingerprint density at radius 2 is 1.63 bits per heavy atom. The second kappa shape index (κ2) is 9.99. The van der Waals surface area contributed by atoms with Gasteiger partial charge in [0.2, 0.25) is 0 Å². The first-order valence-corrected chi connectivity index (χ1v) is 14.4. The van der Waals surface area contributed by atoms with E-state index in [9.17, 15) is 14.7 Å². The van der Waals surface area contributed by atoms with Crippen LogP contribution in [-0.2, 0) is 19.1 Å². The second-order valence-electron chi connectivity index (χ2n) is 14.1. The van der Waals surface area contributed by atoms with Crippen molar-refractivity contribution in [2.45, 2.75) is 124 Å². The van der Waals surface area contributed by atoms with Crippen molar-refractivity contribution in [3.05, 3.63) is 0 Å². The highest BCUT2D eigenvalue weighted by molar-refractivity contribution is 5.76. The molecule has 200 valence electrons. The number of fused-ring (bicyclic) bond motifs is 5. The van der Waals surface area contributed by atoms with Crippen LogP contribution in [0.5, 0.6) is 0 Å². The third-order valence-electron chi connectivity index (χ3n) is 11.0. The number of carbonyl (C=O) groups excluding carboxylic acids is 2. The Kier molecular flexibility index (Phi) is 7.69. The third-order valence-corrected chi connectivity index (χ3v) is 11.0. The van der Waals surface area contributed by atoms with E-state index in [4.69, 9.17) is 9.47 Å². The zero-order valence-corrected chi connectivity index (χ0v) is 23.1. The van der Waals surface area contributed by atoms with Crippen molar-refractivity contribution in [2.24, 2.45) is 46.3 Å². The average Bonchev–Trinajstić information content (AvgIpc) is 3.12. The molecule has 35 heavy (non-hydrogen) atoms. The summed E-state index contributed by atoms with van der Waals surface area (Å²) in [5, 5.41) is 10.3. The zero-order chi connectivity index (χ0) is 25.6. The fraction of sp³-hybridized carbons (Fsp3) is 0.933. The Morgan fingerprint density at radius 1 is 0.943 bits per heavy atom. The van der Waals surface area contributed by atoms with E-state index in [1.165, 1.54) is 44.9 Å². The molecule has 1 N–H and O–H groups in total. The first-order chi connectivity index (χ1) is 16.3. The number of esters is 2. The zero-order valence-electron chi connectivity index (χ0n) is 23.1. The number of hydrogen-bond acceptors (Lipinski definition) is 5. The monoisotopic (exact) mass is 490 g/mol. The number of ether oxygens (including phenoxy) is 2. The fourth-order valence-electron chi connectivity index (χ4n) is 9.34. The molecular formula is C30H50O5. The minimum Gasteiger partial charge on any atom is -0.457 e. The van der Waals surface area contributed by atoms with E-state index < -0.39 is 11.6 Å². The van der Waals surface area contributed by atoms with Crippen molar-refractivity contribution < 1.29 is 24.2 Å². The van der Waals surface area contributed by atoms with Gasteiger partial charge >= 0.3 is 11.9 Å². The lowest BCUT2D eigenvalue weighted by atomic mass is 9.44. The molecule has 4 rings (SSSR count). The van der Waals surface area contributed by atoms with Crippen LogP contribution in [0.25, 0.3) is 0 Å². The van der Waals surface area contributed by atoms with Gasteiger partial charge in [-0.05, 0) is 131 Å². The highest BCUT2D eigenvalue weighted by atomic mass is 16.6. The van der Waals surface area contributed by atoms with E-state index in [0.717, 1.165) is 37.0 Å². The van der Waals surface area contributed by atoms with Crippen LogP contribution in [0.4, 0.5) is 0 Å². The van der Waals surface area contributed by atoms with Gasteiger partial charge < -0.3 is 14.6 Å². The molecule has 4 saturated carbocycles. The summed E-state index contributed by atoms with van der Waals surface area (Å²) in [4.78, 5) is 24.2. The molecule has 0 amide bonds. The van der Waals surface area contributed by atoms with Crippen molar-refractivity contribution in [3.8, 4) is 0 Å². The quantitative estimate of drug-likeness (QED) is 0.442. The van der Waals surface area contributed by atoms with E-state index in [1.54, 1.807) is 0 Å². The van der Waals surface area contributed by atoms with Gasteiger partial charge in [0.15, 0.2) is 6.61 Å². The minimum absolute atomic E-state index is 0.0778. The highest BCUT2D eigenvalue weighted by Crippen LogP contribution is 2.68. The molecule has 0 bridgehead atoms. The van der Waals surface area contributed by atoms with Crippen molar-refractivity contribution in [1.82, 2.24) is 0 Å². The van der Waals surface area contributed by atoms with Crippen LogP contribution in [0.15, 0.2) is 0 Å². The van der Waals surface area contributed by atoms with Crippen LogP contribution in [0.2, 0.25) is 0 Å². The van der Waals surface area contributed by atoms with Gasteiger partial charge in [-0.15, -0.1) is 0 Å². The van der Waals surface area contributed by atoms with Crippen LogP contribution >= 0.6 is 0 Å².